The molecule has 1 fully saturated rings. The minimum atomic E-state index is -0.0761. The number of nitrogens with zero attached hydrogens (tertiary/aromatic N) is 2. The molecule has 2 amide bonds. The normalized spacial score (nSPS) is 22.9. The molecule has 5 nitrogen and oxygen atoms in total. The van der Waals surface area contributed by atoms with Crippen LogP contribution in [-0.2, 0) is 16.0 Å². The van der Waals surface area contributed by atoms with E-state index in [0.29, 0.717) is 19.4 Å². The van der Waals surface area contributed by atoms with E-state index in [2.05, 4.69) is 0 Å². The van der Waals surface area contributed by atoms with Gasteiger partial charge >= 0.3 is 0 Å². The first kappa shape index (κ1) is 12.2. The van der Waals surface area contributed by atoms with Crippen LogP contribution in [0.1, 0.15) is 18.4 Å². The second-order valence-corrected chi connectivity index (χ2v) is 5.23. The Labute approximate surface area is 112 Å². The Kier molecular flexibility index (Phi) is 2.78. The number of nitrogens with two attached hydrogens (primary N) is 1. The zero-order valence-corrected chi connectivity index (χ0v) is 10.9. The number of benzene rings is 1. The largest absolute Gasteiger partial charge is 0.326 e. The molecule has 2 heterocycles. The van der Waals surface area contributed by atoms with Gasteiger partial charge in [0.25, 0.3) is 0 Å². The van der Waals surface area contributed by atoms with Gasteiger partial charge in [0.1, 0.15) is 0 Å². The summed E-state index contributed by atoms with van der Waals surface area (Å²) in [6.07, 6.45) is 1.68. The number of rotatable bonds is 1. The Morgan fingerprint density at radius 1 is 1.21 bits per heavy atom. The lowest BCUT2D eigenvalue weighted by molar-refractivity contribution is -0.119. The number of carbonyl (C=O) groups excluding carboxylic acids is 2. The molecule has 19 heavy (non-hydrogen) atoms. The summed E-state index contributed by atoms with van der Waals surface area (Å²) < 4.78 is 0. The fourth-order valence-electron chi connectivity index (χ4n) is 2.80. The van der Waals surface area contributed by atoms with E-state index in [-0.39, 0.29) is 17.9 Å². The topological polar surface area (TPSA) is 66.6 Å². The molecule has 5 heteroatoms. The van der Waals surface area contributed by atoms with Crippen molar-refractivity contribution in [3.05, 3.63) is 23.8 Å². The smallest absolute Gasteiger partial charge is 0.228 e. The minimum absolute atomic E-state index is 0.0761. The van der Waals surface area contributed by atoms with E-state index < -0.39 is 0 Å². The van der Waals surface area contributed by atoms with Crippen molar-refractivity contribution < 1.29 is 9.59 Å². The predicted octanol–water partition coefficient (Wildman–Crippen LogP) is 0.660. The molecule has 1 unspecified atom stereocenters. The van der Waals surface area contributed by atoms with Gasteiger partial charge in [-0.25, -0.2) is 0 Å². The number of anilines is 2. The number of amides is 2. The third-order valence-electron chi connectivity index (χ3n) is 3.87. The van der Waals surface area contributed by atoms with E-state index in [0.717, 1.165) is 23.4 Å². The van der Waals surface area contributed by atoms with Gasteiger partial charge in [-0.1, -0.05) is 0 Å². The number of hydrogen-bond donors (Lipinski definition) is 1. The molecule has 1 atom stereocenters. The van der Waals surface area contributed by atoms with E-state index in [1.807, 2.05) is 18.2 Å². The summed E-state index contributed by atoms with van der Waals surface area (Å²) in [5, 5.41) is 0. The maximum absolute atomic E-state index is 11.9. The van der Waals surface area contributed by atoms with Gasteiger partial charge in [-0.2, -0.15) is 0 Å². The molecule has 2 aliphatic rings. The second-order valence-electron chi connectivity index (χ2n) is 5.23. The van der Waals surface area contributed by atoms with Crippen molar-refractivity contribution in [1.82, 2.24) is 0 Å². The van der Waals surface area contributed by atoms with Crippen LogP contribution in [0.2, 0.25) is 0 Å². The molecule has 1 aromatic rings. The lowest BCUT2D eigenvalue weighted by Crippen LogP contribution is -2.32. The molecule has 0 radical (unpaired) electrons. The zero-order valence-electron chi connectivity index (χ0n) is 10.9. The molecule has 0 spiro atoms. The highest BCUT2D eigenvalue weighted by Gasteiger charge is 2.29. The Morgan fingerprint density at radius 3 is 2.68 bits per heavy atom. The van der Waals surface area contributed by atoms with Crippen molar-refractivity contribution in [2.24, 2.45) is 5.73 Å². The highest BCUT2D eigenvalue weighted by atomic mass is 16.2. The van der Waals surface area contributed by atoms with Crippen molar-refractivity contribution in [3.8, 4) is 0 Å². The summed E-state index contributed by atoms with van der Waals surface area (Å²) in [5.74, 6) is 0.215. The second kappa shape index (κ2) is 4.35. The van der Waals surface area contributed by atoms with E-state index >= 15 is 0 Å². The van der Waals surface area contributed by atoms with Crippen LogP contribution in [0.25, 0.3) is 0 Å². The Bertz CT molecular complexity index is 556. The first-order valence-electron chi connectivity index (χ1n) is 6.51. The van der Waals surface area contributed by atoms with Crippen molar-refractivity contribution in [1.29, 1.82) is 0 Å². The van der Waals surface area contributed by atoms with Crippen molar-refractivity contribution in [3.63, 3.8) is 0 Å². The summed E-state index contributed by atoms with van der Waals surface area (Å²) in [6.45, 7) is 0.576. The van der Waals surface area contributed by atoms with Crippen LogP contribution in [0.4, 0.5) is 11.4 Å². The van der Waals surface area contributed by atoms with Gasteiger partial charge in [-0.15, -0.1) is 0 Å². The van der Waals surface area contributed by atoms with E-state index in [4.69, 9.17) is 5.73 Å². The van der Waals surface area contributed by atoms with Crippen LogP contribution in [0.15, 0.2) is 18.2 Å². The minimum Gasteiger partial charge on any atom is -0.326 e. The van der Waals surface area contributed by atoms with E-state index in [1.165, 1.54) is 0 Å². The van der Waals surface area contributed by atoms with Gasteiger partial charge in [0.15, 0.2) is 0 Å². The van der Waals surface area contributed by atoms with E-state index in [9.17, 15) is 9.59 Å². The zero-order chi connectivity index (χ0) is 13.6. The fraction of sp³-hybridized carbons (Fsp3) is 0.429. The van der Waals surface area contributed by atoms with Crippen LogP contribution < -0.4 is 15.5 Å². The van der Waals surface area contributed by atoms with Crippen LogP contribution in [0.3, 0.4) is 0 Å². The van der Waals surface area contributed by atoms with Crippen LogP contribution in [0, 0.1) is 0 Å². The summed E-state index contributed by atoms with van der Waals surface area (Å²) in [6, 6.07) is 5.74. The number of fused-ring (bicyclic) bond motifs is 1. The highest BCUT2D eigenvalue weighted by Crippen LogP contribution is 2.31. The molecular weight excluding hydrogens is 242 g/mol. The summed E-state index contributed by atoms with van der Waals surface area (Å²) in [4.78, 5) is 26.9. The van der Waals surface area contributed by atoms with Crippen LogP contribution in [-0.4, -0.2) is 31.4 Å². The summed E-state index contributed by atoms with van der Waals surface area (Å²) in [5.41, 5.74) is 8.76. The molecule has 0 bridgehead atoms. The lowest BCUT2D eigenvalue weighted by atomic mass is 10.0. The third-order valence-corrected chi connectivity index (χ3v) is 3.87. The van der Waals surface area contributed by atoms with Gasteiger partial charge < -0.3 is 15.5 Å². The predicted molar refractivity (Wildman–Crippen MR) is 73.1 cm³/mol. The third kappa shape index (κ3) is 2.00. The molecule has 3 rings (SSSR count). The lowest BCUT2D eigenvalue weighted by Gasteiger charge is -2.27. The fourth-order valence-corrected chi connectivity index (χ4v) is 2.80. The van der Waals surface area contributed by atoms with Gasteiger partial charge in [0.05, 0.1) is 0 Å². The SMILES string of the molecule is CN1C(=O)CCc2cc(N3CC(N)CC3=O)ccc21. The van der Waals surface area contributed by atoms with Crippen molar-refractivity contribution >= 4 is 23.2 Å². The molecule has 0 aliphatic carbocycles. The monoisotopic (exact) mass is 259 g/mol. The first-order chi connectivity index (χ1) is 9.06. The Morgan fingerprint density at radius 2 is 2.00 bits per heavy atom. The van der Waals surface area contributed by atoms with Crippen LogP contribution in [0.5, 0.6) is 0 Å². The molecule has 2 N–H and O–H groups in total. The van der Waals surface area contributed by atoms with Gasteiger partial charge in [0, 0.05) is 43.9 Å². The Hall–Kier alpha value is -1.88. The van der Waals surface area contributed by atoms with Gasteiger partial charge in [-0.05, 0) is 30.2 Å². The first-order valence-corrected chi connectivity index (χ1v) is 6.51. The van der Waals surface area contributed by atoms with Gasteiger partial charge in [0.2, 0.25) is 11.8 Å². The van der Waals surface area contributed by atoms with Crippen molar-refractivity contribution in [2.75, 3.05) is 23.4 Å². The van der Waals surface area contributed by atoms with E-state index in [1.54, 1.807) is 16.8 Å². The molecule has 2 aliphatic heterocycles. The number of aryl methyl sites for hydroxylation is 1. The molecule has 0 saturated carbocycles. The Balaban J connectivity index is 1.94. The standard InChI is InChI=1S/C14H17N3O2/c1-16-12-4-3-11(6-9(12)2-5-13(16)18)17-8-10(15)7-14(17)19/h3-4,6,10H,2,5,7-8,15H2,1H3. The quantitative estimate of drug-likeness (QED) is 0.805. The average molecular weight is 259 g/mol. The number of carbonyl (C=O) groups is 2. The molecule has 1 aromatic carbocycles. The molecular formula is C14H17N3O2. The average Bonchev–Trinajstić information content (AvgIpc) is 2.73. The van der Waals surface area contributed by atoms with Crippen LogP contribution >= 0.6 is 0 Å². The molecule has 100 valence electrons. The maximum Gasteiger partial charge on any atom is 0.228 e. The van der Waals surface area contributed by atoms with Gasteiger partial charge in [-0.3, -0.25) is 9.59 Å². The van der Waals surface area contributed by atoms with Crippen molar-refractivity contribution in [2.45, 2.75) is 25.3 Å². The molecule has 1 saturated heterocycles. The number of hydrogen-bond acceptors (Lipinski definition) is 3. The highest BCUT2D eigenvalue weighted by molar-refractivity contribution is 5.99. The maximum atomic E-state index is 11.9. The summed E-state index contributed by atoms with van der Waals surface area (Å²) in [7, 11) is 1.79. The molecule has 0 aromatic heterocycles. The summed E-state index contributed by atoms with van der Waals surface area (Å²) >= 11 is 0.